The first-order valence-electron chi connectivity index (χ1n) is 9.69. The Balaban J connectivity index is 1.24. The first-order chi connectivity index (χ1) is 14.2. The maximum atomic E-state index is 12.5. The topological polar surface area (TPSA) is 102 Å². The quantitative estimate of drug-likeness (QED) is 0.552. The maximum absolute atomic E-state index is 12.5. The van der Waals surface area contributed by atoms with Gasteiger partial charge in [0, 0.05) is 23.9 Å². The Morgan fingerprint density at radius 1 is 1.17 bits per heavy atom. The molecule has 2 saturated carbocycles. The van der Waals surface area contributed by atoms with Gasteiger partial charge in [0.2, 0.25) is 5.13 Å². The molecule has 5 rings (SSSR count). The molecular weight excluding hydrogens is 388 g/mol. The van der Waals surface area contributed by atoms with Gasteiger partial charge < -0.3 is 15.4 Å². The van der Waals surface area contributed by atoms with E-state index < -0.39 is 0 Å². The number of rotatable bonds is 8. The van der Waals surface area contributed by atoms with Crippen LogP contribution in [-0.2, 0) is 0 Å². The number of hydrogen-bond donors (Lipinski definition) is 2. The molecule has 0 bridgehead atoms. The van der Waals surface area contributed by atoms with Crippen LogP contribution in [-0.4, -0.2) is 37.5 Å². The van der Waals surface area contributed by atoms with E-state index in [2.05, 4.69) is 30.0 Å². The number of carbonyl (C=O) groups excluding carboxylic acids is 1. The van der Waals surface area contributed by atoms with Gasteiger partial charge in [0.1, 0.15) is 17.6 Å². The number of carbonyl (C=O) groups is 1. The second kappa shape index (κ2) is 7.75. The molecule has 2 aliphatic carbocycles. The van der Waals surface area contributed by atoms with Crippen LogP contribution in [0.4, 0.5) is 5.13 Å². The van der Waals surface area contributed by atoms with Gasteiger partial charge in [-0.3, -0.25) is 9.78 Å². The third kappa shape index (κ3) is 4.51. The van der Waals surface area contributed by atoms with Gasteiger partial charge in [-0.15, -0.1) is 0 Å². The lowest BCUT2D eigenvalue weighted by molar-refractivity contribution is 0.0937. The Hall–Kier alpha value is -3.07. The lowest BCUT2D eigenvalue weighted by Gasteiger charge is -2.19. The molecule has 0 aliphatic heterocycles. The maximum Gasteiger partial charge on any atom is 0.254 e. The second-order valence-corrected chi connectivity index (χ2v) is 8.05. The van der Waals surface area contributed by atoms with Crippen LogP contribution < -0.4 is 15.4 Å². The monoisotopic (exact) mass is 408 g/mol. The number of nitrogens with zero attached hydrogens (tertiary/aromatic N) is 4. The van der Waals surface area contributed by atoms with Gasteiger partial charge in [-0.25, -0.2) is 4.98 Å². The number of aromatic nitrogens is 4. The molecule has 1 unspecified atom stereocenters. The minimum absolute atomic E-state index is 0.153. The molecule has 3 aromatic rings. The third-order valence-electron chi connectivity index (χ3n) is 4.80. The van der Waals surface area contributed by atoms with Crippen molar-refractivity contribution < 1.29 is 9.53 Å². The Bertz CT molecular complexity index is 986. The molecule has 3 aromatic heterocycles. The SMILES string of the molecule is O=C(NC(Nc1nc(-c2ccc(OC3CC3)cn2)ns1)C1CC1)c1cccnc1. The van der Waals surface area contributed by atoms with Crippen LogP contribution in [0.1, 0.15) is 36.0 Å². The number of pyridine rings is 2. The average molecular weight is 408 g/mol. The zero-order valence-corrected chi connectivity index (χ0v) is 16.4. The van der Waals surface area contributed by atoms with Crippen molar-refractivity contribution in [1.29, 1.82) is 0 Å². The number of amides is 1. The van der Waals surface area contributed by atoms with Crippen molar-refractivity contribution in [2.24, 2.45) is 5.92 Å². The van der Waals surface area contributed by atoms with E-state index in [1.54, 1.807) is 30.7 Å². The molecule has 2 fully saturated rings. The van der Waals surface area contributed by atoms with E-state index in [4.69, 9.17) is 4.74 Å². The zero-order chi connectivity index (χ0) is 19.6. The molecule has 148 valence electrons. The van der Waals surface area contributed by atoms with Crippen LogP contribution in [0.3, 0.4) is 0 Å². The number of ether oxygens (including phenoxy) is 1. The standard InChI is InChI=1S/C20H20N6O2S/c27-19(13-2-1-9-21-10-13)23-17(12-3-4-12)24-20-25-18(26-29-20)16-8-7-15(11-22-16)28-14-5-6-14/h1-2,7-12,14,17H,3-6H2,(H,23,27)(H,24,25,26). The Kier molecular flexibility index (Phi) is 4.81. The highest BCUT2D eigenvalue weighted by Gasteiger charge is 2.33. The van der Waals surface area contributed by atoms with Crippen molar-refractivity contribution in [2.75, 3.05) is 5.32 Å². The van der Waals surface area contributed by atoms with Crippen molar-refractivity contribution in [3.05, 3.63) is 48.4 Å². The van der Waals surface area contributed by atoms with Crippen molar-refractivity contribution >= 4 is 22.6 Å². The lowest BCUT2D eigenvalue weighted by Crippen LogP contribution is -2.42. The van der Waals surface area contributed by atoms with Gasteiger partial charge in [-0.05, 0) is 55.9 Å². The fourth-order valence-corrected chi connectivity index (χ4v) is 3.52. The van der Waals surface area contributed by atoms with Crippen molar-refractivity contribution in [2.45, 2.75) is 38.0 Å². The van der Waals surface area contributed by atoms with Gasteiger partial charge in [0.05, 0.1) is 17.9 Å². The molecule has 29 heavy (non-hydrogen) atoms. The zero-order valence-electron chi connectivity index (χ0n) is 15.6. The van der Waals surface area contributed by atoms with E-state index in [0.29, 0.717) is 34.2 Å². The van der Waals surface area contributed by atoms with Crippen molar-refractivity contribution in [3.8, 4) is 17.3 Å². The summed E-state index contributed by atoms with van der Waals surface area (Å²) in [6, 6.07) is 7.26. The van der Waals surface area contributed by atoms with Gasteiger partial charge in [0.25, 0.3) is 5.91 Å². The van der Waals surface area contributed by atoms with E-state index >= 15 is 0 Å². The van der Waals surface area contributed by atoms with E-state index in [-0.39, 0.29) is 12.1 Å². The Labute approximate surface area is 171 Å². The molecule has 9 heteroatoms. The Morgan fingerprint density at radius 3 is 2.76 bits per heavy atom. The molecule has 0 saturated heterocycles. The van der Waals surface area contributed by atoms with E-state index in [0.717, 1.165) is 31.4 Å². The fraction of sp³-hybridized carbons (Fsp3) is 0.350. The summed E-state index contributed by atoms with van der Waals surface area (Å²) in [5.41, 5.74) is 1.23. The van der Waals surface area contributed by atoms with Crippen molar-refractivity contribution in [3.63, 3.8) is 0 Å². The first-order valence-corrected chi connectivity index (χ1v) is 10.5. The highest BCUT2D eigenvalue weighted by molar-refractivity contribution is 7.09. The largest absolute Gasteiger partial charge is 0.489 e. The summed E-state index contributed by atoms with van der Waals surface area (Å²) in [5, 5.41) is 7.01. The predicted molar refractivity (Wildman–Crippen MR) is 109 cm³/mol. The summed E-state index contributed by atoms with van der Waals surface area (Å²) in [6.45, 7) is 0. The highest BCUT2D eigenvalue weighted by atomic mass is 32.1. The molecular formula is C20H20N6O2S. The molecule has 0 radical (unpaired) electrons. The summed E-state index contributed by atoms with van der Waals surface area (Å²) in [7, 11) is 0. The summed E-state index contributed by atoms with van der Waals surface area (Å²) < 4.78 is 10.1. The number of hydrogen-bond acceptors (Lipinski definition) is 8. The summed E-state index contributed by atoms with van der Waals surface area (Å²) >= 11 is 1.26. The lowest BCUT2D eigenvalue weighted by atomic mass is 10.2. The van der Waals surface area contributed by atoms with E-state index in [1.165, 1.54) is 11.5 Å². The smallest absolute Gasteiger partial charge is 0.254 e. The second-order valence-electron chi connectivity index (χ2n) is 7.29. The molecule has 2 N–H and O–H groups in total. The molecule has 0 aromatic carbocycles. The molecule has 3 heterocycles. The van der Waals surface area contributed by atoms with Gasteiger partial charge >= 0.3 is 0 Å². The number of anilines is 1. The minimum atomic E-state index is -0.189. The van der Waals surface area contributed by atoms with E-state index in [9.17, 15) is 4.79 Å². The average Bonchev–Trinajstić information content (AvgIpc) is 3.69. The predicted octanol–water partition coefficient (Wildman–Crippen LogP) is 3.11. The summed E-state index contributed by atoms with van der Waals surface area (Å²) in [4.78, 5) is 25.4. The summed E-state index contributed by atoms with van der Waals surface area (Å²) in [5.74, 6) is 1.57. The highest BCUT2D eigenvalue weighted by Crippen LogP contribution is 2.34. The van der Waals surface area contributed by atoms with Crippen LogP contribution in [0, 0.1) is 5.92 Å². The first kappa shape index (κ1) is 18.0. The van der Waals surface area contributed by atoms with Crippen LogP contribution in [0.15, 0.2) is 42.9 Å². The minimum Gasteiger partial charge on any atom is -0.489 e. The van der Waals surface area contributed by atoms with Gasteiger partial charge in [-0.1, -0.05) is 0 Å². The molecule has 1 atom stereocenters. The van der Waals surface area contributed by atoms with Crippen LogP contribution in [0.2, 0.25) is 0 Å². The van der Waals surface area contributed by atoms with Crippen LogP contribution in [0.25, 0.3) is 11.5 Å². The molecule has 1 amide bonds. The van der Waals surface area contributed by atoms with Gasteiger partial charge in [0.15, 0.2) is 5.82 Å². The van der Waals surface area contributed by atoms with Gasteiger partial charge in [-0.2, -0.15) is 9.36 Å². The van der Waals surface area contributed by atoms with Crippen LogP contribution in [0.5, 0.6) is 5.75 Å². The molecule has 0 spiro atoms. The van der Waals surface area contributed by atoms with Crippen molar-refractivity contribution in [1.82, 2.24) is 24.6 Å². The van der Waals surface area contributed by atoms with E-state index in [1.807, 2.05) is 12.1 Å². The number of nitrogens with one attached hydrogen (secondary N) is 2. The molecule has 8 nitrogen and oxygen atoms in total. The normalized spacial score (nSPS) is 16.8. The Morgan fingerprint density at radius 2 is 2.07 bits per heavy atom. The summed E-state index contributed by atoms with van der Waals surface area (Å²) in [6.07, 6.45) is 9.44. The fourth-order valence-electron chi connectivity index (χ4n) is 2.90. The molecule has 2 aliphatic rings. The third-order valence-corrected chi connectivity index (χ3v) is 5.45. The van der Waals surface area contributed by atoms with Crippen LogP contribution >= 0.6 is 11.5 Å².